The first-order valence-electron chi connectivity index (χ1n) is 6.19. The van der Waals surface area contributed by atoms with Crippen LogP contribution in [-0.4, -0.2) is 17.7 Å². The summed E-state index contributed by atoms with van der Waals surface area (Å²) in [5.74, 6) is 0.708. The van der Waals surface area contributed by atoms with Crippen LogP contribution in [0.15, 0.2) is 29.2 Å². The lowest BCUT2D eigenvalue weighted by Crippen LogP contribution is -2.32. The van der Waals surface area contributed by atoms with Gasteiger partial charge >= 0.3 is 0 Å². The van der Waals surface area contributed by atoms with Gasteiger partial charge in [-0.15, -0.1) is 11.8 Å². The number of halogens is 1. The maximum atomic E-state index is 11.8. The van der Waals surface area contributed by atoms with Gasteiger partial charge in [-0.05, 0) is 43.5 Å². The van der Waals surface area contributed by atoms with Gasteiger partial charge in [0.25, 0.3) is 0 Å². The fourth-order valence-electron chi connectivity index (χ4n) is 1.40. The molecule has 0 bridgehead atoms. The molecule has 0 aliphatic rings. The zero-order valence-electron chi connectivity index (χ0n) is 11.1. The number of benzene rings is 1. The fraction of sp³-hybridized carbons (Fsp3) is 0.500. The van der Waals surface area contributed by atoms with Crippen LogP contribution in [0.3, 0.4) is 0 Å². The smallest absolute Gasteiger partial charge is 0.233 e. The summed E-state index contributed by atoms with van der Waals surface area (Å²) in [7, 11) is 0. The Kier molecular flexibility index (Phi) is 6.58. The molecule has 1 aromatic rings. The number of thioether (sulfide) groups is 1. The lowest BCUT2D eigenvalue weighted by molar-refractivity contribution is -0.120. The van der Waals surface area contributed by atoms with Gasteiger partial charge in [-0.2, -0.15) is 0 Å². The first-order chi connectivity index (χ1) is 8.49. The second-order valence-corrected chi connectivity index (χ2v) is 6.54. The average molecular weight is 286 g/mol. The van der Waals surface area contributed by atoms with E-state index >= 15 is 0 Å². The molecule has 1 rings (SSSR count). The van der Waals surface area contributed by atoms with Gasteiger partial charge in [0.1, 0.15) is 0 Å². The van der Waals surface area contributed by atoms with Crippen LogP contribution in [0, 0.1) is 5.92 Å². The summed E-state index contributed by atoms with van der Waals surface area (Å²) in [6, 6.07) is 7.55. The summed E-state index contributed by atoms with van der Waals surface area (Å²) >= 11 is 7.37. The van der Waals surface area contributed by atoms with E-state index in [2.05, 4.69) is 19.2 Å². The van der Waals surface area contributed by atoms with E-state index in [4.69, 9.17) is 11.6 Å². The largest absolute Gasteiger partial charge is 0.355 e. The van der Waals surface area contributed by atoms with Crippen molar-refractivity contribution < 1.29 is 4.79 Å². The van der Waals surface area contributed by atoms with Crippen molar-refractivity contribution in [2.75, 3.05) is 6.54 Å². The van der Waals surface area contributed by atoms with Crippen molar-refractivity contribution in [2.45, 2.75) is 37.3 Å². The Morgan fingerprint density at radius 3 is 2.44 bits per heavy atom. The molecule has 1 aromatic carbocycles. The number of amides is 1. The zero-order chi connectivity index (χ0) is 13.5. The Hall–Kier alpha value is -0.670. The average Bonchev–Trinajstić information content (AvgIpc) is 2.31. The predicted octanol–water partition coefficient (Wildman–Crippen LogP) is 3.98. The van der Waals surface area contributed by atoms with Crippen LogP contribution in [0.25, 0.3) is 0 Å². The highest BCUT2D eigenvalue weighted by molar-refractivity contribution is 8.00. The molecule has 1 atom stereocenters. The quantitative estimate of drug-likeness (QED) is 0.801. The van der Waals surface area contributed by atoms with Crippen LogP contribution in [-0.2, 0) is 4.79 Å². The lowest BCUT2D eigenvalue weighted by Gasteiger charge is -2.12. The zero-order valence-corrected chi connectivity index (χ0v) is 12.6. The number of nitrogens with one attached hydrogen (secondary N) is 1. The summed E-state index contributed by atoms with van der Waals surface area (Å²) in [4.78, 5) is 12.9. The number of carbonyl (C=O) groups excluding carboxylic acids is 1. The molecule has 4 heteroatoms. The molecular weight excluding hydrogens is 266 g/mol. The Morgan fingerprint density at radius 2 is 1.89 bits per heavy atom. The molecule has 18 heavy (non-hydrogen) atoms. The summed E-state index contributed by atoms with van der Waals surface area (Å²) in [6.45, 7) is 6.97. The van der Waals surface area contributed by atoms with E-state index in [0.29, 0.717) is 10.9 Å². The van der Waals surface area contributed by atoms with Crippen molar-refractivity contribution in [3.8, 4) is 0 Å². The summed E-state index contributed by atoms with van der Waals surface area (Å²) in [6.07, 6.45) is 1.02. The first-order valence-corrected chi connectivity index (χ1v) is 7.44. The molecule has 0 saturated heterocycles. The van der Waals surface area contributed by atoms with E-state index in [9.17, 15) is 4.79 Å². The second kappa shape index (κ2) is 7.70. The molecule has 0 aliphatic carbocycles. The molecule has 0 spiro atoms. The third-order valence-electron chi connectivity index (χ3n) is 2.52. The van der Waals surface area contributed by atoms with Gasteiger partial charge in [0, 0.05) is 16.5 Å². The van der Waals surface area contributed by atoms with Gasteiger partial charge in [-0.1, -0.05) is 25.4 Å². The highest BCUT2D eigenvalue weighted by Crippen LogP contribution is 2.24. The maximum absolute atomic E-state index is 11.8. The van der Waals surface area contributed by atoms with E-state index in [1.165, 1.54) is 0 Å². The SMILES string of the molecule is CC(C)CCNC(=O)C(C)Sc1ccc(Cl)cc1. The van der Waals surface area contributed by atoms with Crippen LogP contribution in [0.4, 0.5) is 0 Å². The van der Waals surface area contributed by atoms with Gasteiger partial charge in [0.2, 0.25) is 5.91 Å². The Labute approximate surface area is 118 Å². The number of rotatable bonds is 6. The van der Waals surface area contributed by atoms with Crippen LogP contribution < -0.4 is 5.32 Å². The number of carbonyl (C=O) groups is 1. The van der Waals surface area contributed by atoms with E-state index in [1.807, 2.05) is 31.2 Å². The highest BCUT2D eigenvalue weighted by atomic mass is 35.5. The third kappa shape index (κ3) is 5.78. The first kappa shape index (κ1) is 15.4. The van der Waals surface area contributed by atoms with Crippen molar-refractivity contribution in [1.29, 1.82) is 0 Å². The summed E-state index contributed by atoms with van der Waals surface area (Å²) < 4.78 is 0. The van der Waals surface area contributed by atoms with Crippen molar-refractivity contribution >= 4 is 29.3 Å². The highest BCUT2D eigenvalue weighted by Gasteiger charge is 2.13. The lowest BCUT2D eigenvalue weighted by atomic mass is 10.1. The molecule has 1 amide bonds. The van der Waals surface area contributed by atoms with Gasteiger partial charge in [0.15, 0.2) is 0 Å². The Bertz CT molecular complexity index is 378. The normalized spacial score (nSPS) is 12.5. The molecule has 0 aliphatic heterocycles. The molecular formula is C14H20ClNOS. The molecule has 0 heterocycles. The monoisotopic (exact) mass is 285 g/mol. The van der Waals surface area contributed by atoms with Crippen LogP contribution in [0.2, 0.25) is 5.02 Å². The van der Waals surface area contributed by atoms with E-state index in [-0.39, 0.29) is 11.2 Å². The van der Waals surface area contributed by atoms with Crippen molar-refractivity contribution in [3.63, 3.8) is 0 Å². The van der Waals surface area contributed by atoms with E-state index < -0.39 is 0 Å². The third-order valence-corrected chi connectivity index (χ3v) is 3.88. The predicted molar refractivity (Wildman–Crippen MR) is 79.2 cm³/mol. The molecule has 100 valence electrons. The summed E-state index contributed by atoms with van der Waals surface area (Å²) in [5.41, 5.74) is 0. The molecule has 0 aromatic heterocycles. The fourth-order valence-corrected chi connectivity index (χ4v) is 2.42. The summed E-state index contributed by atoms with van der Waals surface area (Å²) in [5, 5.41) is 3.59. The molecule has 1 unspecified atom stereocenters. The van der Waals surface area contributed by atoms with Gasteiger partial charge in [-0.3, -0.25) is 4.79 Å². The van der Waals surface area contributed by atoms with Gasteiger partial charge < -0.3 is 5.32 Å². The van der Waals surface area contributed by atoms with Crippen LogP contribution in [0.1, 0.15) is 27.2 Å². The minimum atomic E-state index is -0.0849. The molecule has 2 nitrogen and oxygen atoms in total. The number of hydrogen-bond donors (Lipinski definition) is 1. The Balaban J connectivity index is 2.37. The topological polar surface area (TPSA) is 29.1 Å². The minimum absolute atomic E-state index is 0.0849. The van der Waals surface area contributed by atoms with Crippen molar-refractivity contribution in [1.82, 2.24) is 5.32 Å². The second-order valence-electron chi connectivity index (χ2n) is 4.69. The van der Waals surface area contributed by atoms with Crippen LogP contribution in [0.5, 0.6) is 0 Å². The van der Waals surface area contributed by atoms with Gasteiger partial charge in [-0.25, -0.2) is 0 Å². The molecule has 0 radical (unpaired) electrons. The van der Waals surface area contributed by atoms with Crippen molar-refractivity contribution in [2.24, 2.45) is 5.92 Å². The van der Waals surface area contributed by atoms with Crippen LogP contribution >= 0.6 is 23.4 Å². The van der Waals surface area contributed by atoms with E-state index in [1.54, 1.807) is 11.8 Å². The Morgan fingerprint density at radius 1 is 1.28 bits per heavy atom. The maximum Gasteiger partial charge on any atom is 0.233 e. The van der Waals surface area contributed by atoms with E-state index in [0.717, 1.165) is 17.9 Å². The molecule has 0 saturated carbocycles. The van der Waals surface area contributed by atoms with Crippen molar-refractivity contribution in [3.05, 3.63) is 29.3 Å². The molecule has 1 N–H and O–H groups in total. The minimum Gasteiger partial charge on any atom is -0.355 e. The van der Waals surface area contributed by atoms with Gasteiger partial charge in [0.05, 0.1) is 5.25 Å². The molecule has 0 fully saturated rings. The number of hydrogen-bond acceptors (Lipinski definition) is 2. The standard InChI is InChI=1S/C14H20ClNOS/c1-10(2)8-9-16-14(17)11(3)18-13-6-4-12(15)5-7-13/h4-7,10-11H,8-9H2,1-3H3,(H,16,17).